The Bertz CT molecular complexity index is 1240. The molecule has 31 heavy (non-hydrogen) atoms. The molecule has 1 aliphatic heterocycles. The second-order valence-corrected chi connectivity index (χ2v) is 11.3. The maximum Gasteiger partial charge on any atom is 0.216 e. The predicted octanol–water partition coefficient (Wildman–Crippen LogP) is 3.90. The van der Waals surface area contributed by atoms with Gasteiger partial charge in [0.2, 0.25) is 10.0 Å². The van der Waals surface area contributed by atoms with E-state index in [1.807, 2.05) is 36.4 Å². The SMILES string of the molecule is CC(C)S(=O)(=O)N1CCC(n2cc(-c3cccc(C(N)=S)c3)c3ccc(N)cc32)CC1. The minimum atomic E-state index is -3.23. The lowest BCUT2D eigenvalue weighted by Gasteiger charge is -2.33. The Morgan fingerprint density at radius 2 is 1.84 bits per heavy atom. The van der Waals surface area contributed by atoms with Crippen LogP contribution in [0.5, 0.6) is 0 Å². The Morgan fingerprint density at radius 3 is 2.48 bits per heavy atom. The van der Waals surface area contributed by atoms with E-state index in [2.05, 4.69) is 16.8 Å². The second-order valence-electron chi connectivity index (χ2n) is 8.40. The van der Waals surface area contributed by atoms with Gasteiger partial charge in [0.1, 0.15) is 4.99 Å². The van der Waals surface area contributed by atoms with E-state index in [0.717, 1.165) is 40.4 Å². The summed E-state index contributed by atoms with van der Waals surface area (Å²) in [6, 6.07) is 14.1. The number of fused-ring (bicyclic) bond motifs is 1. The quantitative estimate of drug-likeness (QED) is 0.449. The van der Waals surface area contributed by atoms with Gasteiger partial charge in [-0.05, 0) is 50.5 Å². The maximum absolute atomic E-state index is 12.5. The van der Waals surface area contributed by atoms with Crippen LogP contribution in [-0.4, -0.2) is 40.6 Å². The fourth-order valence-electron chi connectivity index (χ4n) is 4.31. The molecule has 4 rings (SSSR count). The molecule has 0 atom stereocenters. The van der Waals surface area contributed by atoms with E-state index in [1.54, 1.807) is 18.2 Å². The number of nitrogens with two attached hydrogens (primary N) is 2. The molecular weight excluding hydrogens is 428 g/mol. The van der Waals surface area contributed by atoms with Gasteiger partial charge < -0.3 is 16.0 Å². The van der Waals surface area contributed by atoms with Crippen molar-refractivity contribution >= 4 is 43.8 Å². The smallest absolute Gasteiger partial charge is 0.216 e. The molecule has 164 valence electrons. The first-order valence-electron chi connectivity index (χ1n) is 10.5. The number of anilines is 1. The summed E-state index contributed by atoms with van der Waals surface area (Å²) in [5.41, 5.74) is 16.7. The number of nitrogen functional groups attached to an aromatic ring is 1. The lowest BCUT2D eigenvalue weighted by molar-refractivity contribution is 0.276. The normalized spacial score (nSPS) is 16.2. The van der Waals surface area contributed by atoms with Crippen molar-refractivity contribution in [1.29, 1.82) is 0 Å². The molecule has 3 aromatic rings. The monoisotopic (exact) mass is 456 g/mol. The Hall–Kier alpha value is -2.42. The first-order chi connectivity index (χ1) is 14.7. The molecule has 2 aromatic carbocycles. The number of benzene rings is 2. The highest BCUT2D eigenvalue weighted by molar-refractivity contribution is 7.89. The number of aromatic nitrogens is 1. The maximum atomic E-state index is 12.5. The van der Waals surface area contributed by atoms with Crippen LogP contribution in [-0.2, 0) is 10.0 Å². The highest BCUT2D eigenvalue weighted by Crippen LogP contribution is 2.37. The standard InChI is InChI=1S/C23H28N4O2S2/c1-15(2)31(28,29)26-10-8-19(9-11-26)27-14-21(20-7-6-18(24)13-22(20)27)16-4-3-5-17(12-16)23(25)30/h3-7,12-15,19H,8-11,24H2,1-2H3,(H2,25,30). The van der Waals surface area contributed by atoms with E-state index in [0.29, 0.717) is 23.8 Å². The Labute approximate surface area is 188 Å². The topological polar surface area (TPSA) is 94.3 Å². The molecule has 0 unspecified atom stereocenters. The van der Waals surface area contributed by atoms with Crippen LogP contribution in [0.4, 0.5) is 5.69 Å². The summed E-state index contributed by atoms with van der Waals surface area (Å²) in [5.74, 6) is 0. The van der Waals surface area contributed by atoms with Gasteiger partial charge >= 0.3 is 0 Å². The third-order valence-electron chi connectivity index (χ3n) is 6.09. The van der Waals surface area contributed by atoms with Crippen LogP contribution >= 0.6 is 12.2 Å². The molecule has 1 fully saturated rings. The number of hydrogen-bond donors (Lipinski definition) is 2. The lowest BCUT2D eigenvalue weighted by Crippen LogP contribution is -2.42. The Morgan fingerprint density at radius 1 is 1.13 bits per heavy atom. The van der Waals surface area contributed by atoms with Gasteiger partial charge in [0.05, 0.1) is 10.8 Å². The van der Waals surface area contributed by atoms with Crippen molar-refractivity contribution in [2.24, 2.45) is 5.73 Å². The summed E-state index contributed by atoms with van der Waals surface area (Å²) in [7, 11) is -3.23. The van der Waals surface area contributed by atoms with E-state index in [4.69, 9.17) is 23.7 Å². The van der Waals surface area contributed by atoms with E-state index in [9.17, 15) is 8.42 Å². The van der Waals surface area contributed by atoms with E-state index < -0.39 is 15.3 Å². The molecule has 1 aliphatic rings. The van der Waals surface area contributed by atoms with Crippen molar-refractivity contribution < 1.29 is 8.42 Å². The van der Waals surface area contributed by atoms with Gasteiger partial charge in [-0.3, -0.25) is 0 Å². The molecule has 0 bridgehead atoms. The fourth-order valence-corrected chi connectivity index (χ4v) is 5.76. The first-order valence-corrected chi connectivity index (χ1v) is 12.4. The molecule has 6 nitrogen and oxygen atoms in total. The van der Waals surface area contributed by atoms with Crippen LogP contribution in [0, 0.1) is 0 Å². The number of hydrogen-bond acceptors (Lipinski definition) is 4. The Balaban J connectivity index is 1.72. The summed E-state index contributed by atoms with van der Waals surface area (Å²) in [6.45, 7) is 4.52. The summed E-state index contributed by atoms with van der Waals surface area (Å²) in [6.07, 6.45) is 3.67. The van der Waals surface area contributed by atoms with Crippen molar-refractivity contribution in [3.63, 3.8) is 0 Å². The zero-order valence-electron chi connectivity index (χ0n) is 17.8. The van der Waals surface area contributed by atoms with Gasteiger partial charge in [-0.15, -0.1) is 0 Å². The van der Waals surface area contributed by atoms with Crippen LogP contribution < -0.4 is 11.5 Å². The van der Waals surface area contributed by atoms with E-state index >= 15 is 0 Å². The highest BCUT2D eigenvalue weighted by atomic mass is 32.2. The van der Waals surface area contributed by atoms with Crippen molar-refractivity contribution in [3.8, 4) is 11.1 Å². The van der Waals surface area contributed by atoms with Crippen molar-refractivity contribution in [2.75, 3.05) is 18.8 Å². The zero-order valence-corrected chi connectivity index (χ0v) is 19.4. The number of piperidine rings is 1. The number of sulfonamides is 1. The first kappa shape index (κ1) is 21.8. The van der Waals surface area contributed by atoms with Crippen LogP contribution in [0.2, 0.25) is 0 Å². The van der Waals surface area contributed by atoms with Gasteiger partial charge in [-0.25, -0.2) is 12.7 Å². The summed E-state index contributed by atoms with van der Waals surface area (Å²) in [4.78, 5) is 0.369. The van der Waals surface area contributed by atoms with Gasteiger partial charge in [-0.1, -0.05) is 36.5 Å². The summed E-state index contributed by atoms with van der Waals surface area (Å²) < 4.78 is 29.0. The minimum Gasteiger partial charge on any atom is -0.399 e. The average molecular weight is 457 g/mol. The Kier molecular flexibility index (Phi) is 5.81. The van der Waals surface area contributed by atoms with Gasteiger partial charge in [0.15, 0.2) is 0 Å². The molecule has 0 radical (unpaired) electrons. The molecule has 0 amide bonds. The predicted molar refractivity (Wildman–Crippen MR) is 132 cm³/mol. The average Bonchev–Trinajstić information content (AvgIpc) is 3.12. The molecule has 2 heterocycles. The van der Waals surface area contributed by atoms with Crippen molar-refractivity contribution in [2.45, 2.75) is 38.0 Å². The number of thiocarbonyl (C=S) groups is 1. The van der Waals surface area contributed by atoms with Gasteiger partial charge in [0.25, 0.3) is 0 Å². The minimum absolute atomic E-state index is 0.204. The third-order valence-corrected chi connectivity index (χ3v) is 8.60. The lowest BCUT2D eigenvalue weighted by atomic mass is 10.0. The van der Waals surface area contributed by atoms with Crippen LogP contribution in [0.25, 0.3) is 22.0 Å². The molecule has 1 saturated heterocycles. The highest BCUT2D eigenvalue weighted by Gasteiger charge is 2.31. The van der Waals surface area contributed by atoms with Crippen LogP contribution in [0.15, 0.2) is 48.7 Å². The molecule has 0 spiro atoms. The van der Waals surface area contributed by atoms with Gasteiger partial charge in [0, 0.05) is 47.5 Å². The van der Waals surface area contributed by atoms with Crippen molar-refractivity contribution in [1.82, 2.24) is 8.87 Å². The van der Waals surface area contributed by atoms with Crippen molar-refractivity contribution in [3.05, 3.63) is 54.2 Å². The third kappa shape index (κ3) is 4.07. The fraction of sp³-hybridized carbons (Fsp3) is 0.348. The largest absolute Gasteiger partial charge is 0.399 e. The molecular formula is C23H28N4O2S2. The summed E-state index contributed by atoms with van der Waals surface area (Å²) >= 11 is 5.15. The second kappa shape index (κ2) is 8.26. The molecule has 0 aliphatic carbocycles. The molecule has 1 aromatic heterocycles. The van der Waals surface area contributed by atoms with Crippen LogP contribution in [0.1, 0.15) is 38.3 Å². The zero-order chi connectivity index (χ0) is 22.3. The molecule has 4 N–H and O–H groups in total. The van der Waals surface area contributed by atoms with Crippen LogP contribution in [0.3, 0.4) is 0 Å². The summed E-state index contributed by atoms with van der Waals surface area (Å²) in [5, 5.41) is 0.704. The van der Waals surface area contributed by atoms with E-state index in [1.165, 1.54) is 0 Å². The van der Waals surface area contributed by atoms with E-state index in [-0.39, 0.29) is 6.04 Å². The van der Waals surface area contributed by atoms with Gasteiger partial charge in [-0.2, -0.15) is 0 Å². The molecule has 0 saturated carbocycles. The molecule has 8 heteroatoms. The number of nitrogens with zero attached hydrogens (tertiary/aromatic N) is 2. The number of rotatable bonds is 5.